The largest absolute Gasteiger partial charge is 0.342 e. The Morgan fingerprint density at radius 1 is 1.15 bits per heavy atom. The third kappa shape index (κ3) is 2.90. The summed E-state index contributed by atoms with van der Waals surface area (Å²) in [4.78, 5) is 37.0. The van der Waals surface area contributed by atoms with Crippen LogP contribution < -0.4 is 10.5 Å². The van der Waals surface area contributed by atoms with Gasteiger partial charge < -0.3 is 4.90 Å². The van der Waals surface area contributed by atoms with E-state index in [2.05, 4.69) is 19.9 Å². The molecule has 8 nitrogen and oxygen atoms in total. The van der Waals surface area contributed by atoms with Crippen LogP contribution in [0.1, 0.15) is 19.3 Å². The first-order chi connectivity index (χ1) is 12.6. The second-order valence-corrected chi connectivity index (χ2v) is 6.30. The molecule has 1 aliphatic heterocycles. The Hall–Kier alpha value is -3.29. The molecule has 0 radical (unpaired) electrons. The monoisotopic (exact) mass is 351 g/mol. The summed E-state index contributed by atoms with van der Waals surface area (Å²) in [6.45, 7) is 1.72. The number of rotatable bonds is 3. The molecular formula is C18H17N5O3. The number of nitro benzene ring substituents is 1. The van der Waals surface area contributed by atoms with Crippen LogP contribution in [0.2, 0.25) is 0 Å². The quantitative estimate of drug-likeness (QED) is 0.574. The highest BCUT2D eigenvalue weighted by atomic mass is 16.6. The first kappa shape index (κ1) is 16.2. The number of hydrogen-bond acceptors (Lipinski definition) is 6. The zero-order valence-corrected chi connectivity index (χ0v) is 14.0. The van der Waals surface area contributed by atoms with Crippen molar-refractivity contribution in [2.24, 2.45) is 0 Å². The highest BCUT2D eigenvalue weighted by Crippen LogP contribution is 2.28. The number of aromatic nitrogens is 3. The van der Waals surface area contributed by atoms with Crippen molar-refractivity contribution in [1.29, 1.82) is 0 Å². The first-order valence-electron chi connectivity index (χ1n) is 8.52. The Kier molecular flexibility index (Phi) is 4.08. The minimum absolute atomic E-state index is 0.0261. The summed E-state index contributed by atoms with van der Waals surface area (Å²) < 4.78 is 0. The molecule has 0 spiro atoms. The molecule has 0 bridgehead atoms. The topological polar surface area (TPSA) is 105 Å². The molecule has 1 N–H and O–H groups in total. The van der Waals surface area contributed by atoms with Crippen molar-refractivity contribution in [2.75, 3.05) is 18.0 Å². The number of benzene rings is 1. The number of aromatic amines is 1. The lowest BCUT2D eigenvalue weighted by atomic mass is 10.0. The number of anilines is 1. The third-order valence-corrected chi connectivity index (χ3v) is 4.62. The minimum Gasteiger partial charge on any atom is -0.342 e. The Morgan fingerprint density at radius 2 is 1.96 bits per heavy atom. The molecule has 8 heteroatoms. The van der Waals surface area contributed by atoms with E-state index in [0.717, 1.165) is 25.9 Å². The van der Waals surface area contributed by atoms with Gasteiger partial charge in [-0.1, -0.05) is 12.1 Å². The van der Waals surface area contributed by atoms with Gasteiger partial charge >= 0.3 is 0 Å². The molecule has 1 aliphatic rings. The van der Waals surface area contributed by atoms with Gasteiger partial charge in [-0.05, 0) is 30.9 Å². The highest BCUT2D eigenvalue weighted by molar-refractivity contribution is 5.92. The van der Waals surface area contributed by atoms with Gasteiger partial charge in [0.2, 0.25) is 5.95 Å². The zero-order valence-electron chi connectivity index (χ0n) is 14.0. The number of piperidine rings is 1. The van der Waals surface area contributed by atoms with E-state index < -0.39 is 4.92 Å². The van der Waals surface area contributed by atoms with Crippen molar-refractivity contribution < 1.29 is 4.92 Å². The maximum atomic E-state index is 12.8. The molecule has 0 saturated carbocycles. The SMILES string of the molecule is O=c1[nH]c(N2CCCCC2)nc2nccc(-c3cccc([N+](=O)[O-])c3)c12. The van der Waals surface area contributed by atoms with E-state index in [-0.39, 0.29) is 11.2 Å². The smallest absolute Gasteiger partial charge is 0.270 e. The summed E-state index contributed by atoms with van der Waals surface area (Å²) in [5.74, 6) is 0.533. The molecule has 1 saturated heterocycles. The number of nitrogens with one attached hydrogen (secondary N) is 1. The van der Waals surface area contributed by atoms with Crippen molar-refractivity contribution in [3.63, 3.8) is 0 Å². The van der Waals surface area contributed by atoms with E-state index in [1.165, 1.54) is 18.6 Å². The average Bonchev–Trinajstić information content (AvgIpc) is 2.68. The van der Waals surface area contributed by atoms with Crippen molar-refractivity contribution >= 4 is 22.7 Å². The number of hydrogen-bond donors (Lipinski definition) is 1. The molecule has 0 unspecified atom stereocenters. The van der Waals surface area contributed by atoms with Gasteiger partial charge in [-0.3, -0.25) is 19.9 Å². The Balaban J connectivity index is 1.86. The van der Waals surface area contributed by atoms with Gasteiger partial charge in [0.15, 0.2) is 5.65 Å². The van der Waals surface area contributed by atoms with E-state index in [9.17, 15) is 14.9 Å². The molecule has 26 heavy (non-hydrogen) atoms. The van der Waals surface area contributed by atoms with Crippen LogP contribution in [0.3, 0.4) is 0 Å². The van der Waals surface area contributed by atoms with Gasteiger partial charge in [-0.25, -0.2) is 4.98 Å². The Labute approximate surface area is 148 Å². The average molecular weight is 351 g/mol. The van der Waals surface area contributed by atoms with Crippen LogP contribution in [0, 0.1) is 10.1 Å². The Bertz CT molecular complexity index is 1040. The normalized spacial score (nSPS) is 14.5. The summed E-state index contributed by atoms with van der Waals surface area (Å²) in [5, 5.41) is 11.4. The lowest BCUT2D eigenvalue weighted by Crippen LogP contribution is -2.32. The van der Waals surface area contributed by atoms with E-state index in [4.69, 9.17) is 0 Å². The van der Waals surface area contributed by atoms with E-state index in [0.29, 0.717) is 28.1 Å². The molecule has 2 aromatic heterocycles. The maximum Gasteiger partial charge on any atom is 0.270 e. The molecule has 0 aliphatic carbocycles. The molecule has 3 aromatic rings. The van der Waals surface area contributed by atoms with Crippen LogP contribution in [0.15, 0.2) is 41.3 Å². The van der Waals surface area contributed by atoms with Gasteiger partial charge in [0.25, 0.3) is 11.2 Å². The Morgan fingerprint density at radius 3 is 2.73 bits per heavy atom. The molecular weight excluding hydrogens is 334 g/mol. The number of nitro groups is 1. The summed E-state index contributed by atoms with van der Waals surface area (Å²) in [6, 6.07) is 7.89. The van der Waals surface area contributed by atoms with Crippen LogP contribution in [0.4, 0.5) is 11.6 Å². The molecule has 0 atom stereocenters. The van der Waals surface area contributed by atoms with Gasteiger partial charge in [0.1, 0.15) is 0 Å². The predicted octanol–water partition coefficient (Wildman–Crippen LogP) is 2.88. The first-order valence-corrected chi connectivity index (χ1v) is 8.52. The van der Waals surface area contributed by atoms with Crippen LogP contribution in [0.5, 0.6) is 0 Å². The third-order valence-electron chi connectivity index (χ3n) is 4.62. The second kappa shape index (κ2) is 6.55. The van der Waals surface area contributed by atoms with Crippen LogP contribution >= 0.6 is 0 Å². The van der Waals surface area contributed by atoms with Crippen molar-refractivity contribution in [3.8, 4) is 11.1 Å². The molecule has 0 amide bonds. The summed E-state index contributed by atoms with van der Waals surface area (Å²) >= 11 is 0. The zero-order chi connectivity index (χ0) is 18.1. The fourth-order valence-corrected chi connectivity index (χ4v) is 3.33. The summed E-state index contributed by atoms with van der Waals surface area (Å²) in [5.41, 5.74) is 1.20. The highest BCUT2D eigenvalue weighted by Gasteiger charge is 2.17. The van der Waals surface area contributed by atoms with Crippen LogP contribution in [-0.2, 0) is 0 Å². The number of nitrogens with zero attached hydrogens (tertiary/aromatic N) is 4. The summed E-state index contributed by atoms with van der Waals surface area (Å²) in [7, 11) is 0. The maximum absolute atomic E-state index is 12.8. The fourth-order valence-electron chi connectivity index (χ4n) is 3.33. The van der Waals surface area contributed by atoms with Crippen LogP contribution in [-0.4, -0.2) is 33.0 Å². The number of pyridine rings is 1. The van der Waals surface area contributed by atoms with E-state index in [1.807, 2.05) is 0 Å². The van der Waals surface area contributed by atoms with Crippen molar-refractivity contribution in [1.82, 2.24) is 15.0 Å². The van der Waals surface area contributed by atoms with E-state index >= 15 is 0 Å². The van der Waals surface area contributed by atoms with Crippen LogP contribution in [0.25, 0.3) is 22.2 Å². The molecule has 132 valence electrons. The lowest BCUT2D eigenvalue weighted by Gasteiger charge is -2.27. The standard InChI is InChI=1S/C18H17N5O3/c24-17-15-14(12-5-4-6-13(11-12)23(25)26)7-8-19-16(15)20-18(21-17)22-9-2-1-3-10-22/h4-8,11H,1-3,9-10H2,(H,19,20,21,24). The van der Waals surface area contributed by atoms with E-state index in [1.54, 1.807) is 24.4 Å². The van der Waals surface area contributed by atoms with Crippen molar-refractivity contribution in [3.05, 3.63) is 57.0 Å². The summed E-state index contributed by atoms with van der Waals surface area (Å²) in [6.07, 6.45) is 4.90. The number of fused-ring (bicyclic) bond motifs is 1. The number of H-pyrrole nitrogens is 1. The lowest BCUT2D eigenvalue weighted by molar-refractivity contribution is -0.384. The molecule has 1 aromatic carbocycles. The van der Waals surface area contributed by atoms with Gasteiger partial charge in [-0.15, -0.1) is 0 Å². The fraction of sp³-hybridized carbons (Fsp3) is 0.278. The van der Waals surface area contributed by atoms with Gasteiger partial charge in [0, 0.05) is 37.0 Å². The second-order valence-electron chi connectivity index (χ2n) is 6.30. The molecule has 1 fully saturated rings. The molecule has 4 rings (SSSR count). The van der Waals surface area contributed by atoms with Gasteiger partial charge in [0.05, 0.1) is 10.3 Å². The van der Waals surface area contributed by atoms with Gasteiger partial charge in [-0.2, -0.15) is 4.98 Å². The van der Waals surface area contributed by atoms with Crippen molar-refractivity contribution in [2.45, 2.75) is 19.3 Å². The number of non-ortho nitro benzene ring substituents is 1. The minimum atomic E-state index is -0.455. The predicted molar refractivity (Wildman–Crippen MR) is 98.3 cm³/mol. The molecule has 3 heterocycles.